The Kier molecular flexibility index (Phi) is 6.66. The third kappa shape index (κ3) is 4.66. The lowest BCUT2D eigenvalue weighted by Gasteiger charge is -2.17. The lowest BCUT2D eigenvalue weighted by molar-refractivity contribution is -0.368. The van der Waals surface area contributed by atoms with Crippen LogP contribution in [0.5, 0.6) is 0 Å². The van der Waals surface area contributed by atoms with Gasteiger partial charge in [0.2, 0.25) is 0 Å². The van der Waals surface area contributed by atoms with Crippen LogP contribution in [-0.4, -0.2) is 33.0 Å². The quantitative estimate of drug-likeness (QED) is 0.601. The number of carboxylic acid groups (broad SMARTS) is 1. The number of hydrogen-bond donors (Lipinski definition) is 0. The van der Waals surface area contributed by atoms with Crippen LogP contribution in [0.15, 0.2) is 53.6 Å². The fourth-order valence-electron chi connectivity index (χ4n) is 3.77. The number of alkyl halides is 3. The molecule has 2 aromatic heterocycles. The number of aromatic nitrogens is 4. The molecule has 0 saturated carbocycles. The zero-order chi connectivity index (χ0) is 23.5. The molecule has 1 aliphatic heterocycles. The summed E-state index contributed by atoms with van der Waals surface area (Å²) >= 11 is 0. The van der Waals surface area contributed by atoms with Crippen LogP contribution in [0.1, 0.15) is 30.1 Å². The number of nitrogens with zero attached hydrogens (tertiary/aromatic N) is 4. The first kappa shape index (κ1) is 23.0. The van der Waals surface area contributed by atoms with Crippen molar-refractivity contribution in [2.45, 2.75) is 32.0 Å². The normalized spacial score (nSPS) is 15.9. The molecule has 1 unspecified atom stereocenters. The molecule has 0 bridgehead atoms. The molecule has 8 nitrogen and oxygen atoms in total. The average molecular weight is 449 g/mol. The molecule has 1 N–H and O–H groups in total. The molecule has 0 spiro atoms. The van der Waals surface area contributed by atoms with Crippen molar-refractivity contribution in [1.82, 2.24) is 14.3 Å². The summed E-state index contributed by atoms with van der Waals surface area (Å²) in [6.07, 6.45) is 0.465. The Morgan fingerprint density at radius 1 is 1.22 bits per heavy atom. The number of carbonyl (C=O) groups is 1. The second kappa shape index (κ2) is 9.25. The van der Waals surface area contributed by atoms with E-state index in [4.69, 9.17) is 9.90 Å². The minimum absolute atomic E-state index is 0.0508. The maximum atomic E-state index is 13.3. The van der Waals surface area contributed by atoms with Crippen molar-refractivity contribution in [3.05, 3.63) is 70.4 Å². The summed E-state index contributed by atoms with van der Waals surface area (Å²) in [6, 6.07) is 11.7. The number of carboxylic acids is 1. The summed E-state index contributed by atoms with van der Waals surface area (Å²) in [4.78, 5) is 31.9. The van der Waals surface area contributed by atoms with Crippen LogP contribution in [0.2, 0.25) is 0 Å². The third-order valence-electron chi connectivity index (χ3n) is 5.28. The van der Waals surface area contributed by atoms with Crippen molar-refractivity contribution >= 4 is 11.9 Å². The zero-order valence-corrected chi connectivity index (χ0v) is 17.5. The Bertz CT molecular complexity index is 1130. The summed E-state index contributed by atoms with van der Waals surface area (Å²) in [5, 5.41) is 8.78. The Balaban J connectivity index is 0.000000360. The number of halogens is 3. The predicted octanol–water partition coefficient (Wildman–Crippen LogP) is 1.33. The lowest BCUT2D eigenvalue weighted by atomic mass is 10.1. The van der Waals surface area contributed by atoms with Gasteiger partial charge in [0, 0.05) is 18.8 Å². The summed E-state index contributed by atoms with van der Waals surface area (Å²) in [6.45, 7) is 2.92. The molecule has 3 aromatic rings. The standard InChI is InChI=1S/C19H21N5O.C2HF3O2/c1-14-17(16-10-6-13-23(16)19-20-11-7-12-21-19)18(25)24(22(14)2)15-8-4-3-5-9-15;3-2(4,5)1(6)7/h3-5,7-9,11-12,16H,6,10,13H2,1-2H3;(H,6,7). The summed E-state index contributed by atoms with van der Waals surface area (Å²) in [7, 11) is 1.94. The molecule has 0 radical (unpaired) electrons. The van der Waals surface area contributed by atoms with Crippen LogP contribution < -0.4 is 20.5 Å². The van der Waals surface area contributed by atoms with E-state index in [2.05, 4.69) is 14.9 Å². The maximum absolute atomic E-state index is 13.3. The molecule has 4 rings (SSSR count). The highest BCUT2D eigenvalue weighted by Gasteiger charge is 2.37. The number of aromatic amines is 1. The average Bonchev–Trinajstić information content (AvgIpc) is 3.32. The minimum Gasteiger partial charge on any atom is -0.542 e. The topological polar surface area (TPSA) is 97.3 Å². The van der Waals surface area contributed by atoms with Crippen molar-refractivity contribution in [2.24, 2.45) is 7.05 Å². The van der Waals surface area contributed by atoms with Gasteiger partial charge in [0.25, 0.3) is 5.56 Å². The van der Waals surface area contributed by atoms with Gasteiger partial charge >= 0.3 is 12.1 Å². The van der Waals surface area contributed by atoms with Crippen molar-refractivity contribution < 1.29 is 28.1 Å². The summed E-state index contributed by atoms with van der Waals surface area (Å²) < 4.78 is 35.3. The molecule has 1 fully saturated rings. The van der Waals surface area contributed by atoms with Gasteiger partial charge in [-0.2, -0.15) is 13.2 Å². The number of carbonyl (C=O) groups excluding carboxylic acids is 1. The molecule has 3 heterocycles. The summed E-state index contributed by atoms with van der Waals surface area (Å²) in [5.41, 5.74) is 2.81. The van der Waals surface area contributed by atoms with E-state index in [1.54, 1.807) is 10.9 Å². The number of rotatable bonds is 3. The Labute approximate surface area is 181 Å². The molecular formula is C21H22F3N5O3. The van der Waals surface area contributed by atoms with E-state index in [0.29, 0.717) is 0 Å². The van der Waals surface area contributed by atoms with Gasteiger partial charge in [0.1, 0.15) is 18.2 Å². The molecule has 11 heteroatoms. The highest BCUT2D eigenvalue weighted by Crippen LogP contribution is 2.33. The maximum Gasteiger partial charge on any atom is 0.430 e. The predicted molar refractivity (Wildman–Crippen MR) is 107 cm³/mol. The van der Waals surface area contributed by atoms with E-state index in [1.165, 1.54) is 0 Å². The van der Waals surface area contributed by atoms with Crippen molar-refractivity contribution in [1.29, 1.82) is 0 Å². The van der Waals surface area contributed by atoms with Crippen molar-refractivity contribution in [3.63, 3.8) is 0 Å². The van der Waals surface area contributed by atoms with Gasteiger partial charge < -0.3 is 9.90 Å². The summed E-state index contributed by atoms with van der Waals surface area (Å²) in [5.74, 6) is -2.19. The van der Waals surface area contributed by atoms with Crippen LogP contribution in [0, 0.1) is 6.92 Å². The zero-order valence-electron chi connectivity index (χ0n) is 17.5. The van der Waals surface area contributed by atoms with E-state index in [1.807, 2.05) is 61.2 Å². The SMILES string of the molecule is Cc1c(C2CCCN2c2nccc[nH+]2)c(=O)n(-c2ccccc2)n1C.O=C([O-])C(F)(F)F. The first-order valence-electron chi connectivity index (χ1n) is 9.84. The molecule has 1 aromatic carbocycles. The van der Waals surface area contributed by atoms with Gasteiger partial charge in [-0.15, -0.1) is 0 Å². The Morgan fingerprint density at radius 2 is 1.88 bits per heavy atom. The van der Waals surface area contributed by atoms with E-state index < -0.39 is 12.1 Å². The fourth-order valence-corrected chi connectivity index (χ4v) is 3.77. The van der Waals surface area contributed by atoms with Crippen molar-refractivity contribution in [3.8, 4) is 5.69 Å². The molecule has 1 saturated heterocycles. The number of anilines is 1. The van der Waals surface area contributed by atoms with Crippen LogP contribution in [0.3, 0.4) is 0 Å². The first-order chi connectivity index (χ1) is 15.1. The number of benzene rings is 1. The van der Waals surface area contributed by atoms with E-state index in [-0.39, 0.29) is 11.6 Å². The minimum atomic E-state index is -5.19. The number of para-hydroxylation sites is 1. The van der Waals surface area contributed by atoms with Gasteiger partial charge in [-0.3, -0.25) is 14.4 Å². The van der Waals surface area contributed by atoms with E-state index in [0.717, 1.165) is 42.3 Å². The van der Waals surface area contributed by atoms with Gasteiger partial charge in [-0.1, -0.05) is 23.2 Å². The number of hydrogen-bond acceptors (Lipinski definition) is 5. The van der Waals surface area contributed by atoms with Gasteiger partial charge in [-0.25, -0.2) is 9.67 Å². The Morgan fingerprint density at radius 3 is 2.44 bits per heavy atom. The number of H-pyrrole nitrogens is 1. The second-order valence-corrected chi connectivity index (χ2v) is 7.22. The van der Waals surface area contributed by atoms with Crippen molar-refractivity contribution in [2.75, 3.05) is 11.4 Å². The molecule has 0 amide bonds. The molecule has 0 aliphatic carbocycles. The second-order valence-electron chi connectivity index (χ2n) is 7.22. The van der Waals surface area contributed by atoms with Crippen LogP contribution in [0.4, 0.5) is 19.1 Å². The van der Waals surface area contributed by atoms with Crippen LogP contribution >= 0.6 is 0 Å². The van der Waals surface area contributed by atoms with E-state index in [9.17, 15) is 18.0 Å². The number of aliphatic carboxylic acids is 1. The lowest BCUT2D eigenvalue weighted by Crippen LogP contribution is -2.37. The highest BCUT2D eigenvalue weighted by molar-refractivity contribution is 5.70. The number of nitrogens with one attached hydrogen (secondary N) is 1. The molecular weight excluding hydrogens is 427 g/mol. The Hall–Kier alpha value is -3.63. The molecule has 170 valence electrons. The van der Waals surface area contributed by atoms with Gasteiger partial charge in [-0.05, 0) is 31.9 Å². The first-order valence-corrected chi connectivity index (χ1v) is 9.84. The monoisotopic (exact) mass is 449 g/mol. The molecule has 1 atom stereocenters. The fraction of sp³-hybridized carbons (Fsp3) is 0.333. The van der Waals surface area contributed by atoms with Crippen LogP contribution in [-0.2, 0) is 11.8 Å². The van der Waals surface area contributed by atoms with Crippen LogP contribution in [0.25, 0.3) is 5.69 Å². The highest BCUT2D eigenvalue weighted by atomic mass is 19.4. The molecule has 1 aliphatic rings. The van der Waals surface area contributed by atoms with E-state index >= 15 is 0 Å². The third-order valence-corrected chi connectivity index (χ3v) is 5.28. The smallest absolute Gasteiger partial charge is 0.430 e. The van der Waals surface area contributed by atoms with Gasteiger partial charge in [0.05, 0.1) is 24.0 Å². The molecule has 32 heavy (non-hydrogen) atoms. The largest absolute Gasteiger partial charge is 0.542 e. The van der Waals surface area contributed by atoms with Gasteiger partial charge in [0.15, 0.2) is 0 Å².